The van der Waals surface area contributed by atoms with E-state index in [0.717, 1.165) is 11.3 Å². The highest BCUT2D eigenvalue weighted by molar-refractivity contribution is 6.07. The molecule has 1 aromatic rings. The maximum atomic E-state index is 12.1. The Hall–Kier alpha value is -1.88. The number of rotatable bonds is 1. The number of para-hydroxylation sites is 1. The summed E-state index contributed by atoms with van der Waals surface area (Å²) >= 11 is 0. The van der Waals surface area contributed by atoms with Gasteiger partial charge >= 0.3 is 5.97 Å². The highest BCUT2D eigenvalue weighted by atomic mass is 16.4. The van der Waals surface area contributed by atoms with Gasteiger partial charge in [0.2, 0.25) is 5.91 Å². The molecule has 2 atom stereocenters. The van der Waals surface area contributed by atoms with Crippen LogP contribution in [0.5, 0.6) is 0 Å². The van der Waals surface area contributed by atoms with Crippen molar-refractivity contribution in [1.29, 1.82) is 0 Å². The Morgan fingerprint density at radius 1 is 1.41 bits per heavy atom. The summed E-state index contributed by atoms with van der Waals surface area (Å²) in [5.41, 5.74) is 0.992. The first kappa shape index (κ1) is 10.3. The number of carboxylic acid groups (broad SMARTS) is 1. The molecular weight excluding hydrogens is 220 g/mol. The second-order valence-electron chi connectivity index (χ2n) is 4.56. The normalized spacial score (nSPS) is 30.4. The lowest BCUT2D eigenvalue weighted by atomic mass is 9.79. The number of carboxylic acids is 1. The van der Waals surface area contributed by atoms with Crippen LogP contribution in [0.1, 0.15) is 12.0 Å². The van der Waals surface area contributed by atoms with Gasteiger partial charge in [-0.25, -0.2) is 0 Å². The molecule has 5 heteroatoms. The van der Waals surface area contributed by atoms with Gasteiger partial charge in [-0.3, -0.25) is 9.59 Å². The predicted octanol–water partition coefficient (Wildman–Crippen LogP) is 0.323. The van der Waals surface area contributed by atoms with Crippen molar-refractivity contribution < 1.29 is 14.7 Å². The molecular formula is C12H12N2O3. The Morgan fingerprint density at radius 2 is 2.18 bits per heavy atom. The van der Waals surface area contributed by atoms with Crippen LogP contribution in [0.2, 0.25) is 0 Å². The first-order valence-electron chi connectivity index (χ1n) is 5.51. The van der Waals surface area contributed by atoms with Crippen LogP contribution in [0.3, 0.4) is 0 Å². The Bertz CT molecular complexity index is 514. The zero-order valence-electron chi connectivity index (χ0n) is 9.06. The molecule has 0 bridgehead atoms. The molecule has 1 fully saturated rings. The fourth-order valence-corrected chi connectivity index (χ4v) is 2.72. The van der Waals surface area contributed by atoms with Gasteiger partial charge in [0.25, 0.3) is 0 Å². The second kappa shape index (κ2) is 3.30. The highest BCUT2D eigenvalue weighted by Crippen LogP contribution is 2.43. The average molecular weight is 232 g/mol. The Morgan fingerprint density at radius 3 is 2.88 bits per heavy atom. The van der Waals surface area contributed by atoms with Crippen molar-refractivity contribution in [2.24, 2.45) is 0 Å². The lowest BCUT2D eigenvalue weighted by molar-refractivity contribution is -0.139. The summed E-state index contributed by atoms with van der Waals surface area (Å²) in [6.45, 7) is 0.382. The van der Waals surface area contributed by atoms with Gasteiger partial charge in [-0.15, -0.1) is 0 Å². The molecule has 2 aliphatic heterocycles. The highest BCUT2D eigenvalue weighted by Gasteiger charge is 2.52. The van der Waals surface area contributed by atoms with Crippen LogP contribution < -0.4 is 10.6 Å². The average Bonchev–Trinajstić information content (AvgIpc) is 2.85. The van der Waals surface area contributed by atoms with E-state index in [4.69, 9.17) is 5.11 Å². The van der Waals surface area contributed by atoms with Crippen LogP contribution >= 0.6 is 0 Å². The van der Waals surface area contributed by atoms with Crippen LogP contribution in [0, 0.1) is 0 Å². The predicted molar refractivity (Wildman–Crippen MR) is 60.8 cm³/mol. The van der Waals surface area contributed by atoms with Crippen LogP contribution in [-0.2, 0) is 15.0 Å². The van der Waals surface area contributed by atoms with Gasteiger partial charge in [0.1, 0.15) is 6.04 Å². The minimum atomic E-state index is -0.904. The molecule has 0 aliphatic carbocycles. The number of anilines is 1. The summed E-state index contributed by atoms with van der Waals surface area (Å²) in [6, 6.07) is 6.81. The minimum absolute atomic E-state index is 0.102. The van der Waals surface area contributed by atoms with Gasteiger partial charge in [0, 0.05) is 12.2 Å². The van der Waals surface area contributed by atoms with Crippen LogP contribution in [0.4, 0.5) is 5.69 Å². The minimum Gasteiger partial charge on any atom is -0.480 e. The maximum absolute atomic E-state index is 12.1. The molecule has 5 nitrogen and oxygen atoms in total. The number of carbonyl (C=O) groups excluding carboxylic acids is 1. The summed E-state index contributed by atoms with van der Waals surface area (Å²) in [6.07, 6.45) is 0.311. The molecule has 1 spiro atoms. The molecule has 2 aliphatic rings. The number of amides is 1. The van der Waals surface area contributed by atoms with Gasteiger partial charge in [-0.2, -0.15) is 0 Å². The number of carbonyl (C=O) groups is 2. The lowest BCUT2D eigenvalue weighted by Crippen LogP contribution is -2.36. The number of benzene rings is 1. The van der Waals surface area contributed by atoms with E-state index in [-0.39, 0.29) is 5.91 Å². The van der Waals surface area contributed by atoms with Crippen molar-refractivity contribution in [1.82, 2.24) is 5.32 Å². The number of hydrogen-bond donors (Lipinski definition) is 3. The van der Waals surface area contributed by atoms with Crippen molar-refractivity contribution in [3.63, 3.8) is 0 Å². The Balaban J connectivity index is 2.04. The van der Waals surface area contributed by atoms with Gasteiger partial charge in [0.15, 0.2) is 0 Å². The summed E-state index contributed by atoms with van der Waals surface area (Å²) < 4.78 is 0. The fourth-order valence-electron chi connectivity index (χ4n) is 2.72. The van der Waals surface area contributed by atoms with Crippen molar-refractivity contribution in [3.05, 3.63) is 29.8 Å². The van der Waals surface area contributed by atoms with Crippen molar-refractivity contribution in [2.45, 2.75) is 17.9 Å². The number of aliphatic carboxylic acids is 1. The quantitative estimate of drug-likeness (QED) is 0.651. The molecule has 1 aromatic carbocycles. The molecule has 1 amide bonds. The third-order valence-corrected chi connectivity index (χ3v) is 3.63. The lowest BCUT2D eigenvalue weighted by Gasteiger charge is -2.19. The number of nitrogens with one attached hydrogen (secondary N) is 2. The van der Waals surface area contributed by atoms with Crippen molar-refractivity contribution >= 4 is 17.6 Å². The zero-order valence-corrected chi connectivity index (χ0v) is 9.06. The first-order chi connectivity index (χ1) is 8.13. The molecule has 3 rings (SSSR count). The van der Waals surface area contributed by atoms with Crippen LogP contribution in [0.25, 0.3) is 0 Å². The Labute approximate surface area is 97.8 Å². The van der Waals surface area contributed by atoms with Gasteiger partial charge in [0.05, 0.1) is 5.41 Å². The van der Waals surface area contributed by atoms with E-state index in [1.54, 1.807) is 0 Å². The van der Waals surface area contributed by atoms with Gasteiger partial charge in [-0.05, 0) is 18.1 Å². The Kier molecular flexibility index (Phi) is 2.00. The number of fused-ring (bicyclic) bond motifs is 2. The fraction of sp³-hybridized carbons (Fsp3) is 0.333. The van der Waals surface area contributed by atoms with Crippen molar-refractivity contribution in [2.75, 3.05) is 11.9 Å². The van der Waals surface area contributed by atoms with Crippen molar-refractivity contribution in [3.8, 4) is 0 Å². The third kappa shape index (κ3) is 1.29. The third-order valence-electron chi connectivity index (χ3n) is 3.63. The van der Waals surface area contributed by atoms with Gasteiger partial charge < -0.3 is 15.7 Å². The summed E-state index contributed by atoms with van der Waals surface area (Å²) in [4.78, 5) is 23.0. The number of hydrogen-bond acceptors (Lipinski definition) is 3. The molecule has 0 saturated carbocycles. The molecule has 0 aromatic heterocycles. The van der Waals surface area contributed by atoms with E-state index in [9.17, 15) is 9.59 Å². The topological polar surface area (TPSA) is 78.4 Å². The molecule has 88 valence electrons. The summed E-state index contributed by atoms with van der Waals surface area (Å²) in [5.74, 6) is -1.01. The standard InChI is InChI=1S/C12H12N2O3/c15-10(16)9-5-12(6-13-9)7-3-1-2-4-8(7)14-11(12)17/h1-4,9,13H,5-6H2,(H,14,17)(H,15,16). The molecule has 17 heavy (non-hydrogen) atoms. The van der Waals surface area contributed by atoms with Crippen LogP contribution in [-0.4, -0.2) is 29.6 Å². The maximum Gasteiger partial charge on any atom is 0.320 e. The largest absolute Gasteiger partial charge is 0.480 e. The molecule has 2 heterocycles. The first-order valence-corrected chi connectivity index (χ1v) is 5.51. The molecule has 3 N–H and O–H groups in total. The van der Waals surface area contributed by atoms with Crippen LogP contribution in [0.15, 0.2) is 24.3 Å². The molecule has 2 unspecified atom stereocenters. The SMILES string of the molecule is O=C(O)C1CC2(CN1)C(=O)Nc1ccccc12. The molecule has 1 saturated heterocycles. The van der Waals surface area contributed by atoms with Gasteiger partial charge in [-0.1, -0.05) is 18.2 Å². The van der Waals surface area contributed by atoms with E-state index in [1.165, 1.54) is 0 Å². The summed E-state index contributed by atoms with van der Waals surface area (Å²) in [7, 11) is 0. The molecule has 0 radical (unpaired) electrons. The van der Waals surface area contributed by atoms with E-state index >= 15 is 0 Å². The smallest absolute Gasteiger partial charge is 0.320 e. The monoisotopic (exact) mass is 232 g/mol. The van der Waals surface area contributed by atoms with E-state index in [0.29, 0.717) is 13.0 Å². The summed E-state index contributed by atoms with van der Waals surface area (Å²) in [5, 5.41) is 14.7. The van der Waals surface area contributed by atoms with E-state index in [1.807, 2.05) is 24.3 Å². The van der Waals surface area contributed by atoms with E-state index in [2.05, 4.69) is 10.6 Å². The zero-order chi connectivity index (χ0) is 12.0. The van der Waals surface area contributed by atoms with E-state index < -0.39 is 17.4 Å². The second-order valence-corrected chi connectivity index (χ2v) is 4.56.